The maximum absolute atomic E-state index is 11.3. The summed E-state index contributed by atoms with van der Waals surface area (Å²) in [5, 5.41) is -0.270. The molecule has 0 amide bonds. The molecule has 0 heterocycles. The molecule has 0 aromatic rings. The van der Waals surface area contributed by atoms with E-state index in [-0.39, 0.29) is 5.24 Å². The Morgan fingerprint density at radius 1 is 1.43 bits per heavy atom. The average molecular weight is 233 g/mol. The summed E-state index contributed by atoms with van der Waals surface area (Å²) in [6.45, 7) is 10.9. The summed E-state index contributed by atoms with van der Waals surface area (Å²) in [6.07, 6.45) is 4.07. The van der Waals surface area contributed by atoms with E-state index in [0.29, 0.717) is 5.54 Å². The Labute approximate surface area is 93.5 Å². The van der Waals surface area contributed by atoms with Crippen molar-refractivity contribution >= 4 is 24.9 Å². The van der Waals surface area contributed by atoms with E-state index in [4.69, 9.17) is 11.6 Å². The number of allylic oxidation sites excluding steroid dienone is 2. The molecule has 14 heavy (non-hydrogen) atoms. The van der Waals surface area contributed by atoms with Gasteiger partial charge in [-0.25, -0.2) is 0 Å². The molecule has 0 aromatic heterocycles. The van der Waals surface area contributed by atoms with Crippen molar-refractivity contribution in [2.45, 2.75) is 51.9 Å². The molecule has 0 N–H and O–H groups in total. The zero-order valence-corrected chi connectivity index (χ0v) is 11.6. The van der Waals surface area contributed by atoms with Crippen LogP contribution in [-0.4, -0.2) is 13.3 Å². The molecule has 0 saturated carbocycles. The fraction of sp³-hybridized carbons (Fsp3) is 0.727. The van der Waals surface area contributed by atoms with Crippen LogP contribution in [0.25, 0.3) is 0 Å². The van der Waals surface area contributed by atoms with Gasteiger partial charge in [-0.3, -0.25) is 4.79 Å². The Balaban J connectivity index is 4.90. The van der Waals surface area contributed by atoms with Gasteiger partial charge in [-0.1, -0.05) is 39.1 Å². The third-order valence-electron chi connectivity index (χ3n) is 2.54. The summed E-state index contributed by atoms with van der Waals surface area (Å²) in [6, 6.07) is 0. The zero-order chi connectivity index (χ0) is 11.4. The first-order valence-electron chi connectivity index (χ1n) is 5.20. The van der Waals surface area contributed by atoms with Gasteiger partial charge in [0.05, 0.1) is 8.07 Å². The summed E-state index contributed by atoms with van der Waals surface area (Å²) in [7, 11) is -1.33. The van der Waals surface area contributed by atoms with Crippen molar-refractivity contribution < 1.29 is 4.79 Å². The monoisotopic (exact) mass is 232 g/mol. The van der Waals surface area contributed by atoms with Crippen molar-refractivity contribution in [3.05, 3.63) is 11.6 Å². The fourth-order valence-electron chi connectivity index (χ4n) is 1.80. The van der Waals surface area contributed by atoms with E-state index in [2.05, 4.69) is 26.6 Å². The van der Waals surface area contributed by atoms with Crippen LogP contribution in [0.3, 0.4) is 0 Å². The van der Waals surface area contributed by atoms with Crippen molar-refractivity contribution in [1.82, 2.24) is 0 Å². The van der Waals surface area contributed by atoms with Crippen molar-refractivity contribution in [2.75, 3.05) is 0 Å². The van der Waals surface area contributed by atoms with E-state index in [1.165, 1.54) is 0 Å². The highest BCUT2D eigenvalue weighted by molar-refractivity contribution is 6.80. The van der Waals surface area contributed by atoms with Crippen LogP contribution in [0.5, 0.6) is 0 Å². The van der Waals surface area contributed by atoms with Crippen molar-refractivity contribution in [3.8, 4) is 0 Å². The Morgan fingerprint density at radius 3 is 2.14 bits per heavy atom. The second-order valence-corrected chi connectivity index (χ2v) is 10.5. The molecular weight excluding hydrogens is 212 g/mol. The minimum absolute atomic E-state index is 0.270. The van der Waals surface area contributed by atoms with Gasteiger partial charge >= 0.3 is 0 Å². The van der Waals surface area contributed by atoms with E-state index < -0.39 is 8.07 Å². The summed E-state index contributed by atoms with van der Waals surface area (Å²) in [5.74, 6) is 0. The molecule has 1 unspecified atom stereocenters. The molecule has 0 bridgehead atoms. The molecule has 0 aliphatic rings. The number of hydrogen-bond acceptors (Lipinski definition) is 1. The van der Waals surface area contributed by atoms with Crippen molar-refractivity contribution in [3.63, 3.8) is 0 Å². The standard InChI is InChI=1S/C11H21ClOSi/c1-6-8-10(14(3,4)5)9(7-2)11(12)13/h7,10H,6,8H2,1-5H3/b9-7-. The minimum atomic E-state index is -1.33. The highest BCUT2D eigenvalue weighted by atomic mass is 35.5. The van der Waals surface area contributed by atoms with Gasteiger partial charge in [0.25, 0.3) is 0 Å². The predicted octanol–water partition coefficient (Wildman–Crippen LogP) is 4.21. The maximum atomic E-state index is 11.3. The van der Waals surface area contributed by atoms with Crippen LogP contribution in [0, 0.1) is 0 Å². The van der Waals surface area contributed by atoms with Gasteiger partial charge in [0.2, 0.25) is 5.24 Å². The first-order valence-corrected chi connectivity index (χ1v) is 9.16. The molecule has 0 aromatic carbocycles. The van der Waals surface area contributed by atoms with E-state index in [1.54, 1.807) is 0 Å². The van der Waals surface area contributed by atoms with Gasteiger partial charge in [-0.2, -0.15) is 0 Å². The molecule has 0 spiro atoms. The van der Waals surface area contributed by atoms with Crippen LogP contribution in [0.1, 0.15) is 26.7 Å². The molecule has 3 heteroatoms. The van der Waals surface area contributed by atoms with Gasteiger partial charge in [0.15, 0.2) is 0 Å². The Bertz CT molecular complexity index is 228. The largest absolute Gasteiger partial charge is 0.276 e. The third kappa shape index (κ3) is 3.97. The van der Waals surface area contributed by atoms with Gasteiger partial charge in [-0.15, -0.1) is 0 Å². The highest BCUT2D eigenvalue weighted by Gasteiger charge is 2.31. The Hall–Kier alpha value is -0.0831. The molecule has 1 atom stereocenters. The van der Waals surface area contributed by atoms with Gasteiger partial charge in [0.1, 0.15) is 0 Å². The molecular formula is C11H21ClOSi. The SMILES string of the molecule is C/C=C(\C(=O)Cl)C(CCC)[Si](C)(C)C. The summed E-state index contributed by atoms with van der Waals surface area (Å²) in [5.41, 5.74) is 1.23. The Kier molecular flexibility index (Phi) is 5.68. The third-order valence-corrected chi connectivity index (χ3v) is 5.44. The van der Waals surface area contributed by atoms with Crippen molar-refractivity contribution in [2.24, 2.45) is 0 Å². The molecule has 0 radical (unpaired) electrons. The fourth-order valence-corrected chi connectivity index (χ4v) is 4.51. The Morgan fingerprint density at radius 2 is 1.93 bits per heavy atom. The summed E-state index contributed by atoms with van der Waals surface area (Å²) >= 11 is 5.60. The molecule has 0 fully saturated rings. The molecule has 0 aliphatic carbocycles. The number of hydrogen-bond donors (Lipinski definition) is 0. The lowest BCUT2D eigenvalue weighted by atomic mass is 10.1. The number of halogens is 1. The molecule has 0 aliphatic heterocycles. The predicted molar refractivity (Wildman–Crippen MR) is 66.6 cm³/mol. The van der Waals surface area contributed by atoms with Crippen LogP contribution < -0.4 is 0 Å². The average Bonchev–Trinajstić information content (AvgIpc) is 2.02. The normalized spacial score (nSPS) is 15.4. The van der Waals surface area contributed by atoms with Crippen LogP contribution in [0.15, 0.2) is 11.6 Å². The van der Waals surface area contributed by atoms with E-state index in [0.717, 1.165) is 18.4 Å². The lowest BCUT2D eigenvalue weighted by Gasteiger charge is -2.29. The van der Waals surface area contributed by atoms with E-state index in [9.17, 15) is 4.79 Å². The van der Waals surface area contributed by atoms with Gasteiger partial charge in [-0.05, 0) is 30.5 Å². The minimum Gasteiger partial charge on any atom is -0.276 e. The van der Waals surface area contributed by atoms with Crippen LogP contribution in [0.2, 0.25) is 25.2 Å². The summed E-state index contributed by atoms with van der Waals surface area (Å²) in [4.78, 5) is 11.3. The van der Waals surface area contributed by atoms with E-state index in [1.807, 2.05) is 13.0 Å². The molecule has 1 nitrogen and oxygen atoms in total. The number of rotatable bonds is 5. The van der Waals surface area contributed by atoms with Crippen LogP contribution in [-0.2, 0) is 4.79 Å². The van der Waals surface area contributed by atoms with Crippen LogP contribution >= 0.6 is 11.6 Å². The topological polar surface area (TPSA) is 17.1 Å². The zero-order valence-electron chi connectivity index (χ0n) is 9.86. The first-order chi connectivity index (χ1) is 6.34. The quantitative estimate of drug-likeness (QED) is 0.394. The highest BCUT2D eigenvalue weighted by Crippen LogP contribution is 2.35. The summed E-state index contributed by atoms with van der Waals surface area (Å²) < 4.78 is 0. The maximum Gasteiger partial charge on any atom is 0.248 e. The smallest absolute Gasteiger partial charge is 0.248 e. The van der Waals surface area contributed by atoms with Gasteiger partial charge < -0.3 is 0 Å². The van der Waals surface area contributed by atoms with Crippen LogP contribution in [0.4, 0.5) is 0 Å². The van der Waals surface area contributed by atoms with Crippen molar-refractivity contribution in [1.29, 1.82) is 0 Å². The second kappa shape index (κ2) is 5.71. The number of carbonyl (C=O) groups is 1. The molecule has 0 saturated heterocycles. The lowest BCUT2D eigenvalue weighted by Crippen LogP contribution is -2.31. The lowest BCUT2D eigenvalue weighted by molar-refractivity contribution is -0.108. The van der Waals surface area contributed by atoms with Gasteiger partial charge in [0, 0.05) is 5.57 Å². The molecule has 0 rings (SSSR count). The second-order valence-electron chi connectivity index (χ2n) is 4.73. The number of carbonyl (C=O) groups excluding carboxylic acids is 1. The first kappa shape index (κ1) is 13.9. The van der Waals surface area contributed by atoms with E-state index >= 15 is 0 Å². The molecule has 82 valence electrons.